The molecule has 0 saturated carbocycles. The van der Waals surface area contributed by atoms with Gasteiger partial charge in [-0.05, 0) is 25.0 Å². The Hall–Kier alpha value is -3.62. The van der Waals surface area contributed by atoms with Crippen LogP contribution in [0.15, 0.2) is 36.5 Å². The van der Waals surface area contributed by atoms with Gasteiger partial charge in [0.1, 0.15) is 6.04 Å². The number of carbonyl (C=O) groups excluding carboxylic acids is 3. The molecule has 0 bridgehead atoms. The zero-order valence-electron chi connectivity index (χ0n) is 16.2. The van der Waals surface area contributed by atoms with Gasteiger partial charge in [-0.3, -0.25) is 19.2 Å². The van der Waals surface area contributed by atoms with Gasteiger partial charge in [-0.25, -0.2) is 4.79 Å². The molecule has 3 heterocycles. The molecule has 0 radical (unpaired) electrons. The number of nitrogens with zero attached hydrogens (tertiary/aromatic N) is 3. The number of urea groups is 1. The molecule has 0 spiro atoms. The number of carbonyl (C=O) groups is 3. The van der Waals surface area contributed by atoms with E-state index in [1.54, 1.807) is 17.8 Å². The van der Waals surface area contributed by atoms with Gasteiger partial charge in [0.2, 0.25) is 5.91 Å². The molecule has 29 heavy (non-hydrogen) atoms. The Labute approximate surface area is 167 Å². The number of aromatic amines is 1. The van der Waals surface area contributed by atoms with Crippen LogP contribution in [0.1, 0.15) is 17.7 Å². The molecule has 9 heteroatoms. The molecular formula is C20H22N6O3. The maximum atomic E-state index is 12.6. The van der Waals surface area contributed by atoms with Crippen molar-refractivity contribution in [2.24, 2.45) is 7.05 Å². The Morgan fingerprint density at radius 3 is 2.83 bits per heavy atom. The number of H-pyrrole nitrogens is 1. The van der Waals surface area contributed by atoms with E-state index >= 15 is 0 Å². The molecule has 0 aliphatic carbocycles. The molecule has 3 N–H and O–H groups in total. The van der Waals surface area contributed by atoms with Crippen molar-refractivity contribution < 1.29 is 14.4 Å². The molecule has 1 aromatic carbocycles. The van der Waals surface area contributed by atoms with Gasteiger partial charge in [0, 0.05) is 42.5 Å². The summed E-state index contributed by atoms with van der Waals surface area (Å²) in [5.74, 6) is -0.342. The van der Waals surface area contributed by atoms with Crippen LogP contribution in [0.3, 0.4) is 0 Å². The fourth-order valence-electron chi connectivity index (χ4n) is 3.50. The van der Waals surface area contributed by atoms with Gasteiger partial charge in [0.05, 0.1) is 6.42 Å². The van der Waals surface area contributed by atoms with Crippen molar-refractivity contribution in [1.29, 1.82) is 0 Å². The Kier molecular flexibility index (Phi) is 4.79. The summed E-state index contributed by atoms with van der Waals surface area (Å²) in [5, 5.41) is 10.5. The standard InChI is InChI=1S/C20H22N6O3/c1-12-9-17(24-25(12)2)23-18(27)10-16-19(28)26(20(29)22-16)8-7-13-11-21-15-6-4-3-5-14(13)15/h3-6,9,11,16,21H,7-8,10H2,1-2H3,(H,22,29)(H,23,24,27)/t16-/m1/s1. The second kappa shape index (κ2) is 7.42. The topological polar surface area (TPSA) is 112 Å². The molecule has 0 unspecified atom stereocenters. The van der Waals surface area contributed by atoms with E-state index in [9.17, 15) is 14.4 Å². The molecule has 4 amide bonds. The molecule has 2 aromatic heterocycles. The van der Waals surface area contributed by atoms with Gasteiger partial charge in [0.15, 0.2) is 5.82 Å². The van der Waals surface area contributed by atoms with Crippen molar-refractivity contribution in [1.82, 2.24) is 25.0 Å². The Morgan fingerprint density at radius 2 is 2.07 bits per heavy atom. The van der Waals surface area contributed by atoms with Crippen molar-refractivity contribution in [2.45, 2.75) is 25.8 Å². The molecule has 1 fully saturated rings. The highest BCUT2D eigenvalue weighted by Crippen LogP contribution is 2.19. The lowest BCUT2D eigenvalue weighted by molar-refractivity contribution is -0.129. The lowest BCUT2D eigenvalue weighted by Gasteiger charge is -2.12. The first-order valence-electron chi connectivity index (χ1n) is 9.39. The van der Waals surface area contributed by atoms with E-state index in [2.05, 4.69) is 20.7 Å². The summed E-state index contributed by atoms with van der Waals surface area (Å²) in [7, 11) is 1.78. The van der Waals surface area contributed by atoms with E-state index in [0.717, 1.165) is 22.2 Å². The maximum Gasteiger partial charge on any atom is 0.324 e. The van der Waals surface area contributed by atoms with E-state index in [1.165, 1.54) is 4.90 Å². The van der Waals surface area contributed by atoms with Crippen LogP contribution in [0.25, 0.3) is 10.9 Å². The van der Waals surface area contributed by atoms with E-state index in [4.69, 9.17) is 0 Å². The summed E-state index contributed by atoms with van der Waals surface area (Å²) >= 11 is 0. The van der Waals surface area contributed by atoms with E-state index in [1.807, 2.05) is 37.4 Å². The van der Waals surface area contributed by atoms with Crippen LogP contribution in [0.2, 0.25) is 0 Å². The van der Waals surface area contributed by atoms with Crippen LogP contribution >= 0.6 is 0 Å². The quantitative estimate of drug-likeness (QED) is 0.553. The third-order valence-corrected chi connectivity index (χ3v) is 5.16. The van der Waals surface area contributed by atoms with Crippen LogP contribution in [0.4, 0.5) is 10.6 Å². The van der Waals surface area contributed by atoms with Gasteiger partial charge in [0.25, 0.3) is 5.91 Å². The summed E-state index contributed by atoms with van der Waals surface area (Å²) in [6.45, 7) is 2.12. The normalized spacial score (nSPS) is 16.5. The number of imide groups is 1. The second-order valence-electron chi connectivity index (χ2n) is 7.15. The van der Waals surface area contributed by atoms with Crippen LogP contribution < -0.4 is 10.6 Å². The molecular weight excluding hydrogens is 372 g/mol. The first-order chi connectivity index (χ1) is 13.9. The zero-order valence-corrected chi connectivity index (χ0v) is 16.2. The minimum atomic E-state index is -0.865. The van der Waals surface area contributed by atoms with Crippen LogP contribution in [-0.4, -0.2) is 50.1 Å². The predicted molar refractivity (Wildman–Crippen MR) is 107 cm³/mol. The van der Waals surface area contributed by atoms with E-state index < -0.39 is 12.1 Å². The second-order valence-corrected chi connectivity index (χ2v) is 7.15. The van der Waals surface area contributed by atoms with Gasteiger partial charge >= 0.3 is 6.03 Å². The molecule has 1 aliphatic heterocycles. The highest BCUT2D eigenvalue weighted by molar-refractivity contribution is 6.06. The molecule has 150 valence electrons. The zero-order chi connectivity index (χ0) is 20.5. The van der Waals surface area contributed by atoms with Crippen molar-refractivity contribution in [3.63, 3.8) is 0 Å². The number of benzene rings is 1. The number of fused-ring (bicyclic) bond motifs is 1. The Morgan fingerprint density at radius 1 is 1.28 bits per heavy atom. The smallest absolute Gasteiger partial charge is 0.324 e. The van der Waals surface area contributed by atoms with Crippen molar-refractivity contribution in [3.05, 3.63) is 47.8 Å². The van der Waals surface area contributed by atoms with Crippen molar-refractivity contribution >= 4 is 34.6 Å². The summed E-state index contributed by atoms with van der Waals surface area (Å²) in [5.41, 5.74) is 2.95. The largest absolute Gasteiger partial charge is 0.361 e. The first-order valence-corrected chi connectivity index (χ1v) is 9.39. The van der Waals surface area contributed by atoms with Crippen molar-refractivity contribution in [3.8, 4) is 0 Å². The number of anilines is 1. The number of hydrogen-bond acceptors (Lipinski definition) is 4. The SMILES string of the molecule is Cc1cc(NC(=O)C[C@H]2NC(=O)N(CCc3c[nH]c4ccccc34)C2=O)nn1C. The number of nitrogens with one attached hydrogen (secondary N) is 3. The van der Waals surface area contributed by atoms with Crippen molar-refractivity contribution in [2.75, 3.05) is 11.9 Å². The lowest BCUT2D eigenvalue weighted by Crippen LogP contribution is -2.35. The van der Waals surface area contributed by atoms with E-state index in [0.29, 0.717) is 12.2 Å². The number of aryl methyl sites for hydroxylation is 2. The summed E-state index contributed by atoms with van der Waals surface area (Å²) in [6.07, 6.45) is 2.29. The molecule has 4 rings (SSSR count). The number of aromatic nitrogens is 3. The summed E-state index contributed by atoms with van der Waals surface area (Å²) in [4.78, 5) is 41.5. The third-order valence-electron chi connectivity index (χ3n) is 5.16. The van der Waals surface area contributed by atoms with Crippen LogP contribution in [-0.2, 0) is 23.1 Å². The molecule has 1 saturated heterocycles. The predicted octanol–water partition coefficient (Wildman–Crippen LogP) is 1.70. The number of hydrogen-bond donors (Lipinski definition) is 3. The van der Waals surface area contributed by atoms with Gasteiger partial charge in [-0.2, -0.15) is 5.10 Å². The molecule has 1 atom stereocenters. The highest BCUT2D eigenvalue weighted by atomic mass is 16.2. The minimum absolute atomic E-state index is 0.135. The lowest BCUT2D eigenvalue weighted by atomic mass is 10.1. The van der Waals surface area contributed by atoms with E-state index in [-0.39, 0.29) is 24.8 Å². The molecule has 3 aromatic rings. The average Bonchev–Trinajstić information content (AvgIpc) is 3.31. The Bertz CT molecular complexity index is 1080. The number of rotatable bonds is 6. The molecule has 1 aliphatic rings. The summed E-state index contributed by atoms with van der Waals surface area (Å²) in [6, 6.07) is 8.27. The third kappa shape index (κ3) is 3.71. The monoisotopic (exact) mass is 394 g/mol. The number of para-hydroxylation sites is 1. The van der Waals surface area contributed by atoms with Gasteiger partial charge in [-0.15, -0.1) is 0 Å². The Balaban J connectivity index is 1.36. The van der Waals surface area contributed by atoms with Crippen LogP contribution in [0.5, 0.6) is 0 Å². The fourth-order valence-corrected chi connectivity index (χ4v) is 3.50. The molecule has 9 nitrogen and oxygen atoms in total. The summed E-state index contributed by atoms with van der Waals surface area (Å²) < 4.78 is 1.64. The average molecular weight is 394 g/mol. The highest BCUT2D eigenvalue weighted by Gasteiger charge is 2.38. The first kappa shape index (κ1) is 18.7. The fraction of sp³-hybridized carbons (Fsp3) is 0.300. The van der Waals surface area contributed by atoms with Crippen LogP contribution in [0, 0.1) is 6.92 Å². The number of amides is 4. The maximum absolute atomic E-state index is 12.6. The van der Waals surface area contributed by atoms with Gasteiger partial charge in [-0.1, -0.05) is 18.2 Å². The minimum Gasteiger partial charge on any atom is -0.361 e. The van der Waals surface area contributed by atoms with Gasteiger partial charge < -0.3 is 15.6 Å².